The summed E-state index contributed by atoms with van der Waals surface area (Å²) in [4.78, 5) is 15.6. The SMILES string of the molecule is CCOC(=O)[C@@H](C#N)C=N[C@H](C)c1ccc(Cl)cc1Cl. The summed E-state index contributed by atoms with van der Waals surface area (Å²) in [5.41, 5.74) is 0.771. The Balaban J connectivity index is 2.83. The summed E-state index contributed by atoms with van der Waals surface area (Å²) < 4.78 is 4.78. The molecule has 4 nitrogen and oxygen atoms in total. The number of hydrogen-bond donors (Lipinski definition) is 0. The largest absolute Gasteiger partial charge is 0.465 e. The van der Waals surface area contributed by atoms with Crippen molar-refractivity contribution < 1.29 is 9.53 Å². The number of halogens is 2. The van der Waals surface area contributed by atoms with Gasteiger partial charge in [0, 0.05) is 16.3 Å². The zero-order chi connectivity index (χ0) is 15.1. The van der Waals surface area contributed by atoms with E-state index in [0.717, 1.165) is 5.56 Å². The van der Waals surface area contributed by atoms with Gasteiger partial charge in [-0.2, -0.15) is 5.26 Å². The van der Waals surface area contributed by atoms with Crippen LogP contribution in [0.5, 0.6) is 0 Å². The normalized spacial score (nSPS) is 13.8. The number of esters is 1. The van der Waals surface area contributed by atoms with E-state index in [1.807, 2.05) is 13.0 Å². The Morgan fingerprint density at radius 1 is 1.55 bits per heavy atom. The lowest BCUT2D eigenvalue weighted by atomic mass is 10.1. The van der Waals surface area contributed by atoms with Gasteiger partial charge >= 0.3 is 5.97 Å². The first kappa shape index (κ1) is 16.5. The Labute approximate surface area is 128 Å². The van der Waals surface area contributed by atoms with Crippen LogP contribution in [0, 0.1) is 17.2 Å². The number of nitriles is 1. The Hall–Kier alpha value is -1.57. The first-order valence-corrected chi connectivity index (χ1v) is 6.79. The summed E-state index contributed by atoms with van der Waals surface area (Å²) in [6, 6.07) is 6.65. The van der Waals surface area contributed by atoms with E-state index in [0.29, 0.717) is 10.0 Å². The Bertz CT molecular complexity index is 553. The molecule has 0 aromatic heterocycles. The van der Waals surface area contributed by atoms with E-state index in [9.17, 15) is 4.79 Å². The molecule has 0 amide bonds. The molecule has 0 radical (unpaired) electrons. The summed E-state index contributed by atoms with van der Waals surface area (Å²) in [7, 11) is 0. The highest BCUT2D eigenvalue weighted by Crippen LogP contribution is 2.28. The van der Waals surface area contributed by atoms with Crippen LogP contribution < -0.4 is 0 Å². The minimum Gasteiger partial charge on any atom is -0.465 e. The van der Waals surface area contributed by atoms with Gasteiger partial charge in [-0.3, -0.25) is 9.79 Å². The number of rotatable bonds is 5. The van der Waals surface area contributed by atoms with Crippen molar-refractivity contribution in [1.29, 1.82) is 5.26 Å². The van der Waals surface area contributed by atoms with Crippen molar-refractivity contribution in [3.63, 3.8) is 0 Å². The van der Waals surface area contributed by atoms with Crippen LogP contribution >= 0.6 is 23.2 Å². The summed E-state index contributed by atoms with van der Waals surface area (Å²) in [6.45, 7) is 3.72. The average Bonchev–Trinajstić information content (AvgIpc) is 2.39. The fourth-order valence-electron chi connectivity index (χ4n) is 1.51. The summed E-state index contributed by atoms with van der Waals surface area (Å²) in [5, 5.41) is 9.94. The Morgan fingerprint density at radius 3 is 2.80 bits per heavy atom. The number of benzene rings is 1. The second-order valence-electron chi connectivity index (χ2n) is 4.00. The van der Waals surface area contributed by atoms with Crippen LogP contribution in [0.25, 0.3) is 0 Å². The van der Waals surface area contributed by atoms with Gasteiger partial charge in [0.2, 0.25) is 0 Å². The second-order valence-corrected chi connectivity index (χ2v) is 4.84. The summed E-state index contributed by atoms with van der Waals surface area (Å²) >= 11 is 11.9. The average molecular weight is 313 g/mol. The molecule has 0 saturated carbocycles. The molecule has 0 bridgehead atoms. The van der Waals surface area contributed by atoms with Crippen molar-refractivity contribution >= 4 is 35.4 Å². The first-order chi connectivity index (χ1) is 9.49. The van der Waals surface area contributed by atoms with Gasteiger partial charge in [-0.05, 0) is 31.5 Å². The molecule has 2 atom stereocenters. The van der Waals surface area contributed by atoms with E-state index >= 15 is 0 Å². The molecule has 0 spiro atoms. The third-order valence-electron chi connectivity index (χ3n) is 2.55. The van der Waals surface area contributed by atoms with Crippen molar-refractivity contribution in [2.45, 2.75) is 19.9 Å². The van der Waals surface area contributed by atoms with Gasteiger partial charge in [-0.25, -0.2) is 0 Å². The zero-order valence-corrected chi connectivity index (χ0v) is 12.6. The Morgan fingerprint density at radius 2 is 2.25 bits per heavy atom. The lowest BCUT2D eigenvalue weighted by Crippen LogP contribution is -2.17. The van der Waals surface area contributed by atoms with Crippen molar-refractivity contribution in [3.05, 3.63) is 33.8 Å². The number of aliphatic imine (C=N–C) groups is 1. The molecule has 1 aromatic rings. The van der Waals surface area contributed by atoms with E-state index in [2.05, 4.69) is 4.99 Å². The van der Waals surface area contributed by atoms with Gasteiger partial charge in [0.15, 0.2) is 5.92 Å². The van der Waals surface area contributed by atoms with Gasteiger partial charge in [0.25, 0.3) is 0 Å². The van der Waals surface area contributed by atoms with Crippen LogP contribution in [0.15, 0.2) is 23.2 Å². The van der Waals surface area contributed by atoms with Gasteiger partial charge in [-0.15, -0.1) is 0 Å². The van der Waals surface area contributed by atoms with Crippen LogP contribution in [0.1, 0.15) is 25.5 Å². The fourth-order valence-corrected chi connectivity index (χ4v) is 2.08. The third-order valence-corrected chi connectivity index (χ3v) is 3.11. The molecule has 0 aliphatic carbocycles. The topological polar surface area (TPSA) is 62.5 Å². The second kappa shape index (κ2) is 7.88. The van der Waals surface area contributed by atoms with E-state index in [-0.39, 0.29) is 12.6 Å². The molecule has 106 valence electrons. The number of nitrogens with zero attached hydrogens (tertiary/aromatic N) is 2. The molecular formula is C14H14Cl2N2O2. The Kier molecular flexibility index (Phi) is 6.50. The minimum atomic E-state index is -1.01. The third kappa shape index (κ3) is 4.52. The number of hydrogen-bond acceptors (Lipinski definition) is 4. The molecule has 6 heteroatoms. The van der Waals surface area contributed by atoms with E-state index in [1.54, 1.807) is 25.1 Å². The molecule has 0 aliphatic rings. The highest BCUT2D eigenvalue weighted by atomic mass is 35.5. The van der Waals surface area contributed by atoms with E-state index < -0.39 is 11.9 Å². The minimum absolute atomic E-state index is 0.226. The molecule has 0 saturated heterocycles. The highest BCUT2D eigenvalue weighted by molar-refractivity contribution is 6.35. The van der Waals surface area contributed by atoms with Gasteiger partial charge in [0.05, 0.1) is 18.7 Å². The predicted octanol–water partition coefficient (Wildman–Crippen LogP) is 3.83. The monoisotopic (exact) mass is 312 g/mol. The van der Waals surface area contributed by atoms with Crippen LogP contribution in [-0.2, 0) is 9.53 Å². The van der Waals surface area contributed by atoms with Crippen molar-refractivity contribution in [1.82, 2.24) is 0 Å². The smallest absolute Gasteiger partial charge is 0.328 e. The van der Waals surface area contributed by atoms with E-state index in [4.69, 9.17) is 33.2 Å². The number of ether oxygens (including phenoxy) is 1. The first-order valence-electron chi connectivity index (χ1n) is 6.04. The van der Waals surface area contributed by atoms with Gasteiger partial charge in [-0.1, -0.05) is 29.3 Å². The van der Waals surface area contributed by atoms with E-state index in [1.165, 1.54) is 6.21 Å². The van der Waals surface area contributed by atoms with Crippen molar-refractivity contribution in [3.8, 4) is 6.07 Å². The molecule has 20 heavy (non-hydrogen) atoms. The molecule has 0 heterocycles. The number of carbonyl (C=O) groups excluding carboxylic acids is 1. The van der Waals surface area contributed by atoms with Crippen LogP contribution in [0.2, 0.25) is 10.0 Å². The van der Waals surface area contributed by atoms with Crippen LogP contribution in [0.4, 0.5) is 0 Å². The predicted molar refractivity (Wildman–Crippen MR) is 79.1 cm³/mol. The standard InChI is InChI=1S/C14H14Cl2N2O2/c1-3-20-14(19)10(7-17)8-18-9(2)12-5-4-11(15)6-13(12)16/h4-6,8-10H,3H2,1-2H3/t9-,10+/m1/s1. The molecular weight excluding hydrogens is 299 g/mol. The molecule has 0 N–H and O–H groups in total. The molecule has 0 aliphatic heterocycles. The van der Waals surface area contributed by atoms with Gasteiger partial charge in [0.1, 0.15) is 0 Å². The zero-order valence-electron chi connectivity index (χ0n) is 11.1. The lowest BCUT2D eigenvalue weighted by molar-refractivity contribution is -0.143. The number of carbonyl (C=O) groups is 1. The maximum Gasteiger partial charge on any atom is 0.328 e. The van der Waals surface area contributed by atoms with Gasteiger partial charge < -0.3 is 4.74 Å². The molecule has 0 fully saturated rings. The molecule has 0 unspecified atom stereocenters. The lowest BCUT2D eigenvalue weighted by Gasteiger charge is -2.10. The quantitative estimate of drug-likeness (QED) is 0.613. The van der Waals surface area contributed by atoms with Crippen molar-refractivity contribution in [2.24, 2.45) is 10.9 Å². The highest BCUT2D eigenvalue weighted by Gasteiger charge is 2.17. The molecule has 1 aromatic carbocycles. The van der Waals surface area contributed by atoms with Crippen LogP contribution in [0.3, 0.4) is 0 Å². The van der Waals surface area contributed by atoms with Crippen LogP contribution in [-0.4, -0.2) is 18.8 Å². The summed E-state index contributed by atoms with van der Waals surface area (Å²) in [5.74, 6) is -1.61. The molecule has 1 rings (SSSR count). The fraction of sp³-hybridized carbons (Fsp3) is 0.357. The van der Waals surface area contributed by atoms with Crippen molar-refractivity contribution in [2.75, 3.05) is 6.61 Å². The maximum absolute atomic E-state index is 11.5. The summed E-state index contributed by atoms with van der Waals surface area (Å²) in [6.07, 6.45) is 1.29. The maximum atomic E-state index is 11.5.